The van der Waals surface area contributed by atoms with E-state index in [4.69, 9.17) is 4.74 Å². The smallest absolute Gasteiger partial charge is 0.164 e. The number of nitrogens with zero attached hydrogens (tertiary/aromatic N) is 1. The fraction of sp³-hybridized carbons (Fsp3) is 0.750. The molecule has 19 heavy (non-hydrogen) atoms. The lowest BCUT2D eigenvalue weighted by molar-refractivity contribution is -0.115. The third-order valence-electron chi connectivity index (χ3n) is 3.70. The molecule has 2 atom stereocenters. The highest BCUT2D eigenvalue weighted by Crippen LogP contribution is 2.36. The molecule has 0 N–H and O–H groups in total. The van der Waals surface area contributed by atoms with Crippen LogP contribution in [-0.4, -0.2) is 31.8 Å². The van der Waals surface area contributed by atoms with Crippen molar-refractivity contribution in [2.24, 2.45) is 10.9 Å². The summed E-state index contributed by atoms with van der Waals surface area (Å²) in [6.45, 7) is 4.89. The van der Waals surface area contributed by atoms with E-state index in [1.807, 2.05) is 13.0 Å². The minimum Gasteiger partial charge on any atom is -0.385 e. The lowest BCUT2D eigenvalue weighted by Crippen LogP contribution is -2.04. The second-order valence-electron chi connectivity index (χ2n) is 5.22. The van der Waals surface area contributed by atoms with Gasteiger partial charge in [0.25, 0.3) is 0 Å². The van der Waals surface area contributed by atoms with Gasteiger partial charge < -0.3 is 4.74 Å². The van der Waals surface area contributed by atoms with Crippen molar-refractivity contribution in [2.45, 2.75) is 58.4 Å². The van der Waals surface area contributed by atoms with E-state index < -0.39 is 0 Å². The number of ketones is 1. The van der Waals surface area contributed by atoms with E-state index in [0.717, 1.165) is 37.4 Å². The van der Waals surface area contributed by atoms with Crippen molar-refractivity contribution in [2.75, 3.05) is 13.7 Å². The predicted molar refractivity (Wildman–Crippen MR) is 79.8 cm³/mol. The van der Waals surface area contributed by atoms with Gasteiger partial charge in [-0.15, -0.1) is 0 Å². The van der Waals surface area contributed by atoms with Crippen LogP contribution < -0.4 is 0 Å². The highest BCUT2D eigenvalue weighted by Gasteiger charge is 2.34. The maximum atomic E-state index is 12.0. The topological polar surface area (TPSA) is 38.7 Å². The molecule has 0 aromatic heterocycles. The van der Waals surface area contributed by atoms with Gasteiger partial charge >= 0.3 is 0 Å². The molecule has 3 heteroatoms. The van der Waals surface area contributed by atoms with Crippen LogP contribution in [0.3, 0.4) is 0 Å². The Kier molecular flexibility index (Phi) is 7.65. The number of carbonyl (C=O) groups excluding carboxylic acids is 1. The molecule has 0 bridgehead atoms. The largest absolute Gasteiger partial charge is 0.385 e. The number of hydrogen-bond acceptors (Lipinski definition) is 3. The standard InChI is InChI=1S/C16H27NO2/c1-4-13-11-15(13)17-12-14(5-2)16(18)9-7-6-8-10-19-3/h5,12-13,15H,4,6-11H2,1-3H3/b14-5+,17-12-. The Hall–Kier alpha value is -0.960. The van der Waals surface area contributed by atoms with Crippen LogP contribution in [0.1, 0.15) is 52.4 Å². The average Bonchev–Trinajstić information content (AvgIpc) is 3.18. The Morgan fingerprint density at radius 3 is 2.74 bits per heavy atom. The van der Waals surface area contributed by atoms with Gasteiger partial charge in [-0.1, -0.05) is 25.8 Å². The van der Waals surface area contributed by atoms with Crippen LogP contribution >= 0.6 is 0 Å². The summed E-state index contributed by atoms with van der Waals surface area (Å²) in [7, 11) is 1.71. The SMILES string of the molecule is C/C=C(\C=N/C1CC1CC)C(=O)CCCCCOC. The van der Waals surface area contributed by atoms with Crippen molar-refractivity contribution in [1.82, 2.24) is 0 Å². The highest BCUT2D eigenvalue weighted by molar-refractivity contribution is 6.13. The average molecular weight is 265 g/mol. The fourth-order valence-electron chi connectivity index (χ4n) is 2.19. The first-order valence-electron chi connectivity index (χ1n) is 7.44. The van der Waals surface area contributed by atoms with Crippen molar-refractivity contribution < 1.29 is 9.53 Å². The Morgan fingerprint density at radius 1 is 1.37 bits per heavy atom. The van der Waals surface area contributed by atoms with Crippen molar-refractivity contribution in [3.05, 3.63) is 11.6 Å². The summed E-state index contributed by atoms with van der Waals surface area (Å²) in [6.07, 6.45) is 9.70. The molecule has 1 rings (SSSR count). The maximum Gasteiger partial charge on any atom is 0.164 e. The van der Waals surface area contributed by atoms with Crippen molar-refractivity contribution in [3.63, 3.8) is 0 Å². The van der Waals surface area contributed by atoms with Gasteiger partial charge in [0.15, 0.2) is 5.78 Å². The van der Waals surface area contributed by atoms with E-state index in [1.54, 1.807) is 13.3 Å². The molecule has 0 amide bonds. The molecule has 1 saturated carbocycles. The molecule has 108 valence electrons. The van der Waals surface area contributed by atoms with Gasteiger partial charge in [0.05, 0.1) is 6.04 Å². The molecule has 2 unspecified atom stereocenters. The van der Waals surface area contributed by atoms with Crippen molar-refractivity contribution in [3.8, 4) is 0 Å². The van der Waals surface area contributed by atoms with Crippen LogP contribution in [0, 0.1) is 5.92 Å². The van der Waals surface area contributed by atoms with Gasteiger partial charge in [-0.05, 0) is 32.1 Å². The van der Waals surface area contributed by atoms with E-state index in [9.17, 15) is 4.79 Å². The number of Topliss-reactive ketones (excluding diaryl/α,β-unsaturated/α-hetero) is 1. The Morgan fingerprint density at radius 2 is 2.16 bits per heavy atom. The zero-order valence-electron chi connectivity index (χ0n) is 12.5. The molecule has 0 spiro atoms. The second-order valence-corrected chi connectivity index (χ2v) is 5.22. The number of allylic oxidation sites excluding steroid dienone is 2. The van der Waals surface area contributed by atoms with Crippen LogP contribution in [-0.2, 0) is 9.53 Å². The van der Waals surface area contributed by atoms with E-state index in [-0.39, 0.29) is 5.78 Å². The molecule has 1 fully saturated rings. The van der Waals surface area contributed by atoms with Crippen molar-refractivity contribution >= 4 is 12.0 Å². The first-order chi connectivity index (χ1) is 9.22. The van der Waals surface area contributed by atoms with Crippen LogP contribution in [0.4, 0.5) is 0 Å². The number of carbonyl (C=O) groups is 1. The quantitative estimate of drug-likeness (QED) is 0.344. The number of hydrogen-bond donors (Lipinski definition) is 0. The van der Waals surface area contributed by atoms with Gasteiger partial charge in [-0.2, -0.15) is 0 Å². The summed E-state index contributed by atoms with van der Waals surface area (Å²) >= 11 is 0. The number of ether oxygens (including phenoxy) is 1. The van der Waals surface area contributed by atoms with Gasteiger partial charge in [0.1, 0.15) is 0 Å². The molecule has 0 aliphatic heterocycles. The molecule has 0 aromatic rings. The first-order valence-corrected chi connectivity index (χ1v) is 7.44. The molecule has 0 radical (unpaired) electrons. The fourth-order valence-corrected chi connectivity index (χ4v) is 2.19. The highest BCUT2D eigenvalue weighted by atomic mass is 16.5. The number of methoxy groups -OCH3 is 1. The lowest BCUT2D eigenvalue weighted by Gasteiger charge is -2.02. The summed E-state index contributed by atoms with van der Waals surface area (Å²) in [5.41, 5.74) is 0.772. The van der Waals surface area contributed by atoms with Crippen LogP contribution in [0.15, 0.2) is 16.6 Å². The molecular formula is C16H27NO2. The summed E-state index contributed by atoms with van der Waals surface area (Å²) in [4.78, 5) is 16.5. The normalized spacial score (nSPS) is 23.0. The second kappa shape index (κ2) is 9.03. The minimum atomic E-state index is 0.220. The Labute approximate surface area is 117 Å². The molecule has 0 saturated heterocycles. The van der Waals surface area contributed by atoms with E-state index in [2.05, 4.69) is 11.9 Å². The van der Waals surface area contributed by atoms with Gasteiger partial charge in [-0.25, -0.2) is 0 Å². The van der Waals surface area contributed by atoms with E-state index in [1.165, 1.54) is 12.8 Å². The Bertz CT molecular complexity index is 334. The zero-order chi connectivity index (χ0) is 14.1. The maximum absolute atomic E-state index is 12.0. The third-order valence-corrected chi connectivity index (χ3v) is 3.70. The number of rotatable bonds is 10. The zero-order valence-corrected chi connectivity index (χ0v) is 12.5. The van der Waals surface area contributed by atoms with Crippen LogP contribution in [0.5, 0.6) is 0 Å². The third kappa shape index (κ3) is 6.15. The molecule has 1 aliphatic rings. The van der Waals surface area contributed by atoms with Crippen molar-refractivity contribution in [1.29, 1.82) is 0 Å². The van der Waals surface area contributed by atoms with Crippen LogP contribution in [0.2, 0.25) is 0 Å². The minimum absolute atomic E-state index is 0.220. The molecule has 1 aliphatic carbocycles. The van der Waals surface area contributed by atoms with Crippen LogP contribution in [0.25, 0.3) is 0 Å². The summed E-state index contributed by atoms with van der Waals surface area (Å²) in [5, 5.41) is 0. The molecule has 3 nitrogen and oxygen atoms in total. The van der Waals surface area contributed by atoms with Gasteiger partial charge in [0.2, 0.25) is 0 Å². The number of aliphatic imine (C=N–C) groups is 1. The van der Waals surface area contributed by atoms with E-state index >= 15 is 0 Å². The van der Waals surface area contributed by atoms with Gasteiger partial charge in [-0.3, -0.25) is 9.79 Å². The molecular weight excluding hydrogens is 238 g/mol. The summed E-state index contributed by atoms with van der Waals surface area (Å²) < 4.78 is 4.99. The van der Waals surface area contributed by atoms with E-state index in [0.29, 0.717) is 12.5 Å². The number of unbranched alkanes of at least 4 members (excludes halogenated alkanes) is 2. The molecule has 0 aromatic carbocycles. The molecule has 0 heterocycles. The predicted octanol–water partition coefficient (Wildman–Crippen LogP) is 3.58. The van der Waals surface area contributed by atoms with Gasteiger partial charge in [0, 0.05) is 31.9 Å². The Balaban J connectivity index is 2.24. The summed E-state index contributed by atoms with van der Waals surface area (Å²) in [5.74, 6) is 0.968. The monoisotopic (exact) mass is 265 g/mol. The lowest BCUT2D eigenvalue weighted by atomic mass is 10.1. The first kappa shape index (κ1) is 16.1. The summed E-state index contributed by atoms with van der Waals surface area (Å²) in [6, 6.07) is 0.467.